The summed E-state index contributed by atoms with van der Waals surface area (Å²) in [5.74, 6) is 1.25. The average molecular weight is 275 g/mol. The molecule has 2 aromatic rings. The lowest BCUT2D eigenvalue weighted by atomic mass is 10.2. The smallest absolute Gasteiger partial charge is 0.291 e. The number of rotatable bonds is 4. The predicted molar refractivity (Wildman–Crippen MR) is 75.1 cm³/mol. The Labute approximate surface area is 117 Å². The number of methoxy groups -OCH3 is 1. The van der Waals surface area contributed by atoms with Crippen LogP contribution in [-0.2, 0) is 6.61 Å². The second kappa shape index (κ2) is 5.79. The van der Waals surface area contributed by atoms with Crippen LogP contribution in [0.25, 0.3) is 0 Å². The molecule has 0 aliphatic rings. The highest BCUT2D eigenvalue weighted by atomic mass is 16.5. The Bertz CT molecular complexity index is 631. The maximum absolute atomic E-state index is 12.1. The number of carbonyl (C=O) groups excluding carboxylic acids is 1. The molecule has 2 rings (SSSR count). The van der Waals surface area contributed by atoms with Gasteiger partial charge < -0.3 is 19.6 Å². The van der Waals surface area contributed by atoms with Gasteiger partial charge in [-0.2, -0.15) is 0 Å². The summed E-state index contributed by atoms with van der Waals surface area (Å²) in [5, 5.41) is 12.0. The lowest BCUT2D eigenvalue weighted by Gasteiger charge is -2.09. The van der Waals surface area contributed by atoms with Crippen molar-refractivity contribution in [2.45, 2.75) is 20.5 Å². The number of hydrogen-bond acceptors (Lipinski definition) is 4. The first-order chi connectivity index (χ1) is 9.55. The summed E-state index contributed by atoms with van der Waals surface area (Å²) in [6, 6.07) is 6.88. The monoisotopic (exact) mass is 275 g/mol. The minimum absolute atomic E-state index is 0.161. The van der Waals surface area contributed by atoms with E-state index in [-0.39, 0.29) is 12.5 Å². The number of hydrogen-bond donors (Lipinski definition) is 2. The highest BCUT2D eigenvalue weighted by Crippen LogP contribution is 2.23. The molecule has 5 heteroatoms. The van der Waals surface area contributed by atoms with Crippen molar-refractivity contribution in [3.63, 3.8) is 0 Å². The number of anilines is 1. The molecule has 2 N–H and O–H groups in total. The Hall–Kier alpha value is -2.27. The van der Waals surface area contributed by atoms with E-state index in [0.29, 0.717) is 28.5 Å². The molecule has 0 aliphatic carbocycles. The molecule has 106 valence electrons. The quantitative estimate of drug-likeness (QED) is 0.899. The molecule has 0 fully saturated rings. The van der Waals surface area contributed by atoms with Crippen LogP contribution in [-0.4, -0.2) is 18.1 Å². The van der Waals surface area contributed by atoms with Crippen LogP contribution in [0.1, 0.15) is 27.4 Å². The summed E-state index contributed by atoms with van der Waals surface area (Å²) in [6.07, 6.45) is 0. The molecule has 1 aromatic heterocycles. The van der Waals surface area contributed by atoms with Gasteiger partial charge >= 0.3 is 0 Å². The minimum atomic E-state index is -0.315. The van der Waals surface area contributed by atoms with E-state index >= 15 is 0 Å². The summed E-state index contributed by atoms with van der Waals surface area (Å²) < 4.78 is 10.5. The van der Waals surface area contributed by atoms with Crippen LogP contribution in [0.3, 0.4) is 0 Å². The van der Waals surface area contributed by atoms with Crippen LogP contribution >= 0.6 is 0 Å². The van der Waals surface area contributed by atoms with Gasteiger partial charge in [0.2, 0.25) is 0 Å². The van der Waals surface area contributed by atoms with Gasteiger partial charge in [0.05, 0.1) is 13.7 Å². The maximum atomic E-state index is 12.1. The molecule has 0 aliphatic heterocycles. The number of amides is 1. The van der Waals surface area contributed by atoms with Gasteiger partial charge in [0.1, 0.15) is 11.5 Å². The Morgan fingerprint density at radius 3 is 2.65 bits per heavy atom. The van der Waals surface area contributed by atoms with Crippen molar-refractivity contribution in [1.29, 1.82) is 0 Å². The van der Waals surface area contributed by atoms with Crippen molar-refractivity contribution in [1.82, 2.24) is 0 Å². The number of aliphatic hydroxyl groups is 1. The van der Waals surface area contributed by atoms with Crippen LogP contribution < -0.4 is 10.1 Å². The highest BCUT2D eigenvalue weighted by Gasteiger charge is 2.15. The Morgan fingerprint density at radius 2 is 2.10 bits per heavy atom. The molecule has 0 bridgehead atoms. The predicted octanol–water partition coefficient (Wildman–Crippen LogP) is 2.65. The summed E-state index contributed by atoms with van der Waals surface area (Å²) in [7, 11) is 1.53. The minimum Gasteiger partial charge on any atom is -0.496 e. The molecule has 1 aromatic carbocycles. The maximum Gasteiger partial charge on any atom is 0.291 e. The summed E-state index contributed by atoms with van der Waals surface area (Å²) >= 11 is 0. The standard InChI is InChI=1S/C15H17NO4/c1-9-6-10(2)20-14(9)15(18)16-12-4-5-13(19-3)11(7-12)8-17/h4-7,17H,8H2,1-3H3,(H,16,18). The lowest BCUT2D eigenvalue weighted by molar-refractivity contribution is 0.0994. The zero-order valence-electron chi connectivity index (χ0n) is 11.7. The molecule has 0 saturated heterocycles. The summed E-state index contributed by atoms with van der Waals surface area (Å²) in [6.45, 7) is 3.45. The SMILES string of the molecule is COc1ccc(NC(=O)c2oc(C)cc2C)cc1CO. The average Bonchev–Trinajstić information content (AvgIpc) is 2.77. The van der Waals surface area contributed by atoms with Gasteiger partial charge in [0.15, 0.2) is 5.76 Å². The first kappa shape index (κ1) is 14.1. The van der Waals surface area contributed by atoms with Gasteiger partial charge in [-0.05, 0) is 38.1 Å². The van der Waals surface area contributed by atoms with Crippen LogP contribution in [0.2, 0.25) is 0 Å². The molecule has 20 heavy (non-hydrogen) atoms. The first-order valence-electron chi connectivity index (χ1n) is 6.21. The number of aryl methyl sites for hydroxylation is 2. The number of carbonyl (C=O) groups is 1. The summed E-state index contributed by atoms with van der Waals surface area (Å²) in [4.78, 5) is 12.1. The van der Waals surface area contributed by atoms with Gasteiger partial charge in [0.25, 0.3) is 5.91 Å². The number of nitrogens with one attached hydrogen (secondary N) is 1. The molecule has 5 nitrogen and oxygen atoms in total. The van der Waals surface area contributed by atoms with Gasteiger partial charge in [-0.25, -0.2) is 0 Å². The third-order valence-electron chi connectivity index (χ3n) is 2.96. The summed E-state index contributed by atoms with van der Waals surface area (Å²) in [5.41, 5.74) is 1.97. The van der Waals surface area contributed by atoms with Crippen LogP contribution in [0, 0.1) is 13.8 Å². The normalized spacial score (nSPS) is 10.4. The highest BCUT2D eigenvalue weighted by molar-refractivity contribution is 6.03. The van der Waals surface area contributed by atoms with Crippen molar-refractivity contribution in [2.75, 3.05) is 12.4 Å². The van der Waals surface area contributed by atoms with E-state index in [2.05, 4.69) is 5.32 Å². The Balaban J connectivity index is 2.22. The Kier molecular flexibility index (Phi) is 4.10. The van der Waals surface area contributed by atoms with Crippen molar-refractivity contribution in [3.8, 4) is 5.75 Å². The molecule has 0 saturated carbocycles. The largest absolute Gasteiger partial charge is 0.496 e. The molecular weight excluding hydrogens is 258 g/mol. The van der Waals surface area contributed by atoms with Gasteiger partial charge in [-0.15, -0.1) is 0 Å². The van der Waals surface area contributed by atoms with Crippen LogP contribution in [0.4, 0.5) is 5.69 Å². The van der Waals surface area contributed by atoms with E-state index < -0.39 is 0 Å². The van der Waals surface area contributed by atoms with Gasteiger partial charge in [-0.1, -0.05) is 0 Å². The van der Waals surface area contributed by atoms with Crippen molar-refractivity contribution >= 4 is 11.6 Å². The Morgan fingerprint density at radius 1 is 1.35 bits per heavy atom. The van der Waals surface area contributed by atoms with Crippen molar-refractivity contribution in [2.24, 2.45) is 0 Å². The number of aliphatic hydroxyl groups excluding tert-OH is 1. The van der Waals surface area contributed by atoms with Crippen molar-refractivity contribution in [3.05, 3.63) is 46.9 Å². The molecule has 0 atom stereocenters. The van der Waals surface area contributed by atoms with E-state index in [1.54, 1.807) is 25.1 Å². The van der Waals surface area contributed by atoms with E-state index in [0.717, 1.165) is 5.56 Å². The van der Waals surface area contributed by atoms with E-state index in [9.17, 15) is 9.90 Å². The number of furan rings is 1. The molecule has 1 amide bonds. The second-order valence-electron chi connectivity index (χ2n) is 4.51. The molecular formula is C15H17NO4. The zero-order chi connectivity index (χ0) is 14.7. The zero-order valence-corrected chi connectivity index (χ0v) is 11.7. The number of ether oxygens (including phenoxy) is 1. The van der Waals surface area contributed by atoms with Crippen molar-refractivity contribution < 1.29 is 19.1 Å². The number of benzene rings is 1. The van der Waals surface area contributed by atoms with Crippen LogP contribution in [0.15, 0.2) is 28.7 Å². The second-order valence-corrected chi connectivity index (χ2v) is 4.51. The van der Waals surface area contributed by atoms with E-state index in [4.69, 9.17) is 9.15 Å². The topological polar surface area (TPSA) is 71.7 Å². The fourth-order valence-electron chi connectivity index (χ4n) is 2.03. The van der Waals surface area contributed by atoms with Gasteiger partial charge in [0, 0.05) is 16.8 Å². The fourth-order valence-corrected chi connectivity index (χ4v) is 2.03. The van der Waals surface area contributed by atoms with Gasteiger partial charge in [-0.3, -0.25) is 4.79 Å². The van der Waals surface area contributed by atoms with Crippen LogP contribution in [0.5, 0.6) is 5.75 Å². The third kappa shape index (κ3) is 2.83. The molecule has 0 spiro atoms. The molecule has 1 heterocycles. The molecule has 0 radical (unpaired) electrons. The van der Waals surface area contributed by atoms with E-state index in [1.807, 2.05) is 13.0 Å². The third-order valence-corrected chi connectivity index (χ3v) is 2.96. The first-order valence-corrected chi connectivity index (χ1v) is 6.21. The molecule has 0 unspecified atom stereocenters. The lowest BCUT2D eigenvalue weighted by Crippen LogP contribution is -2.12. The van der Waals surface area contributed by atoms with E-state index in [1.165, 1.54) is 7.11 Å². The fraction of sp³-hybridized carbons (Fsp3) is 0.267.